The first-order valence-corrected chi connectivity index (χ1v) is 10.9. The number of amides is 2. The van der Waals surface area contributed by atoms with Crippen LogP contribution in [0.3, 0.4) is 0 Å². The quantitative estimate of drug-likeness (QED) is 0.630. The first kappa shape index (κ1) is 24.0. The second-order valence-corrected chi connectivity index (χ2v) is 9.40. The zero-order chi connectivity index (χ0) is 23.6. The maximum atomic E-state index is 14.7. The Morgan fingerprint density at radius 3 is 2.69 bits per heavy atom. The molecule has 32 heavy (non-hydrogen) atoms. The average Bonchev–Trinajstić information content (AvgIpc) is 3.10. The van der Waals surface area contributed by atoms with Crippen molar-refractivity contribution in [3.05, 3.63) is 34.7 Å². The molecular formula is C22H29ClFN5O3. The molecule has 0 fully saturated rings. The molecule has 2 aromatic rings. The van der Waals surface area contributed by atoms with Crippen LogP contribution in [0.1, 0.15) is 32.9 Å². The van der Waals surface area contributed by atoms with Crippen LogP contribution in [-0.2, 0) is 11.2 Å². The topological polar surface area (TPSA) is 99.5 Å². The highest BCUT2D eigenvalue weighted by Gasteiger charge is 2.35. The van der Waals surface area contributed by atoms with E-state index in [9.17, 15) is 14.0 Å². The van der Waals surface area contributed by atoms with Gasteiger partial charge in [0.15, 0.2) is 0 Å². The summed E-state index contributed by atoms with van der Waals surface area (Å²) >= 11 is 5.90. The standard InChI is InChI=1S/C22H29ClFN5O3/c1-22(2,3)19(20(31)25-9-11-30)26-21(32)29-16-6-5-10-28(4)18(16)17(27-29)14-8-7-13(23)12-15(14)24/h7-8,12,19,30H,5-6,9-11H2,1-4H3,(H,25,31)(H,26,32)/t19-/m1/s1. The predicted molar refractivity (Wildman–Crippen MR) is 121 cm³/mol. The Bertz CT molecular complexity index is 1020. The predicted octanol–water partition coefficient (Wildman–Crippen LogP) is 2.81. The maximum absolute atomic E-state index is 14.7. The van der Waals surface area contributed by atoms with E-state index in [0.717, 1.165) is 13.0 Å². The molecule has 1 aliphatic rings. The van der Waals surface area contributed by atoms with E-state index in [-0.39, 0.29) is 23.7 Å². The Morgan fingerprint density at radius 2 is 2.06 bits per heavy atom. The first-order valence-electron chi connectivity index (χ1n) is 10.5. The number of hydrogen-bond donors (Lipinski definition) is 3. The summed E-state index contributed by atoms with van der Waals surface area (Å²) in [6.07, 6.45) is 1.40. The van der Waals surface area contributed by atoms with Crippen molar-refractivity contribution in [1.29, 1.82) is 0 Å². The number of benzene rings is 1. The molecule has 0 saturated heterocycles. The van der Waals surface area contributed by atoms with E-state index in [4.69, 9.17) is 16.7 Å². The molecule has 0 unspecified atom stereocenters. The molecule has 0 radical (unpaired) electrons. The number of rotatable bonds is 5. The third-order valence-corrected chi connectivity index (χ3v) is 5.66. The molecule has 3 N–H and O–H groups in total. The molecule has 2 heterocycles. The third kappa shape index (κ3) is 4.88. The lowest BCUT2D eigenvalue weighted by molar-refractivity contribution is -0.125. The van der Waals surface area contributed by atoms with Crippen LogP contribution in [0.25, 0.3) is 11.3 Å². The van der Waals surface area contributed by atoms with Crippen molar-refractivity contribution in [3.8, 4) is 11.3 Å². The smallest absolute Gasteiger partial charge is 0.343 e. The van der Waals surface area contributed by atoms with Gasteiger partial charge in [-0.1, -0.05) is 32.4 Å². The number of carbonyl (C=O) groups is 2. The van der Waals surface area contributed by atoms with Gasteiger partial charge in [0.25, 0.3) is 0 Å². The second-order valence-electron chi connectivity index (χ2n) is 8.97. The summed E-state index contributed by atoms with van der Waals surface area (Å²) in [4.78, 5) is 27.8. The zero-order valence-electron chi connectivity index (χ0n) is 18.7. The van der Waals surface area contributed by atoms with Gasteiger partial charge in [-0.2, -0.15) is 9.78 Å². The van der Waals surface area contributed by atoms with Gasteiger partial charge in [-0.15, -0.1) is 0 Å². The van der Waals surface area contributed by atoms with Gasteiger partial charge in [0.2, 0.25) is 5.91 Å². The van der Waals surface area contributed by atoms with Crippen molar-refractivity contribution >= 4 is 29.2 Å². The van der Waals surface area contributed by atoms with E-state index in [1.165, 1.54) is 10.7 Å². The van der Waals surface area contributed by atoms with Gasteiger partial charge >= 0.3 is 6.03 Å². The number of carbonyl (C=O) groups excluding carboxylic acids is 2. The van der Waals surface area contributed by atoms with Gasteiger partial charge in [0, 0.05) is 30.7 Å². The molecule has 1 atom stereocenters. The van der Waals surface area contributed by atoms with Crippen molar-refractivity contribution in [1.82, 2.24) is 20.4 Å². The van der Waals surface area contributed by atoms with E-state index in [1.54, 1.807) is 12.1 Å². The minimum Gasteiger partial charge on any atom is -0.395 e. The van der Waals surface area contributed by atoms with Gasteiger partial charge in [-0.05, 0) is 36.5 Å². The van der Waals surface area contributed by atoms with Crippen LogP contribution in [0.2, 0.25) is 5.02 Å². The number of nitrogens with one attached hydrogen (secondary N) is 2. The van der Waals surface area contributed by atoms with E-state index in [0.29, 0.717) is 23.5 Å². The molecule has 0 saturated carbocycles. The summed E-state index contributed by atoms with van der Waals surface area (Å²) in [6, 6.07) is 2.90. The molecule has 174 valence electrons. The monoisotopic (exact) mass is 465 g/mol. The number of hydrogen-bond acceptors (Lipinski definition) is 5. The summed E-state index contributed by atoms with van der Waals surface area (Å²) in [7, 11) is 1.87. The normalized spacial score (nSPS) is 14.7. The van der Waals surface area contributed by atoms with Crippen LogP contribution in [0.4, 0.5) is 14.9 Å². The van der Waals surface area contributed by atoms with Crippen LogP contribution in [0, 0.1) is 11.2 Å². The average molecular weight is 466 g/mol. The van der Waals surface area contributed by atoms with Gasteiger partial charge < -0.3 is 20.6 Å². The first-order chi connectivity index (χ1) is 15.0. The minimum absolute atomic E-state index is 0.0865. The Balaban J connectivity index is 2.02. The fourth-order valence-electron chi connectivity index (χ4n) is 3.84. The van der Waals surface area contributed by atoms with Crippen molar-refractivity contribution in [3.63, 3.8) is 0 Å². The van der Waals surface area contributed by atoms with Crippen molar-refractivity contribution in [2.45, 2.75) is 39.7 Å². The number of nitrogens with zero attached hydrogens (tertiary/aromatic N) is 3. The number of halogens is 2. The Hall–Kier alpha value is -2.65. The molecule has 3 rings (SSSR count). The lowest BCUT2D eigenvalue weighted by atomic mass is 9.86. The highest BCUT2D eigenvalue weighted by atomic mass is 35.5. The van der Waals surface area contributed by atoms with E-state index in [2.05, 4.69) is 15.7 Å². The summed E-state index contributed by atoms with van der Waals surface area (Å²) in [6.45, 7) is 6.12. The van der Waals surface area contributed by atoms with Crippen LogP contribution in [-0.4, -0.2) is 59.6 Å². The summed E-state index contributed by atoms with van der Waals surface area (Å²) in [5.74, 6) is -0.928. The zero-order valence-corrected chi connectivity index (χ0v) is 19.5. The second kappa shape index (κ2) is 9.46. The van der Waals surface area contributed by atoms with E-state index in [1.807, 2.05) is 32.7 Å². The Morgan fingerprint density at radius 1 is 1.34 bits per heavy atom. The number of fused-ring (bicyclic) bond motifs is 1. The van der Waals surface area contributed by atoms with Gasteiger partial charge in [-0.25, -0.2) is 9.18 Å². The van der Waals surface area contributed by atoms with E-state index >= 15 is 0 Å². The molecule has 1 aliphatic heterocycles. The summed E-state index contributed by atoms with van der Waals surface area (Å²) in [5.41, 5.74) is 1.35. The molecule has 2 amide bonds. The Kier molecular flexibility index (Phi) is 7.09. The van der Waals surface area contributed by atoms with Gasteiger partial charge in [-0.3, -0.25) is 4.79 Å². The molecule has 10 heteroatoms. The van der Waals surface area contributed by atoms with Gasteiger partial charge in [0.1, 0.15) is 17.6 Å². The molecule has 1 aromatic heterocycles. The van der Waals surface area contributed by atoms with Crippen molar-refractivity contribution < 1.29 is 19.1 Å². The molecule has 1 aromatic carbocycles. The minimum atomic E-state index is -0.863. The number of aliphatic hydroxyl groups is 1. The van der Waals surface area contributed by atoms with Crippen LogP contribution in [0.5, 0.6) is 0 Å². The van der Waals surface area contributed by atoms with Crippen LogP contribution < -0.4 is 15.5 Å². The van der Waals surface area contributed by atoms with Crippen molar-refractivity contribution in [2.75, 3.05) is 31.6 Å². The lowest BCUT2D eigenvalue weighted by Gasteiger charge is -2.30. The third-order valence-electron chi connectivity index (χ3n) is 5.43. The fourth-order valence-corrected chi connectivity index (χ4v) is 4.00. The molecule has 8 nitrogen and oxygen atoms in total. The van der Waals surface area contributed by atoms with Crippen LogP contribution >= 0.6 is 11.6 Å². The number of aromatic nitrogens is 2. The largest absolute Gasteiger partial charge is 0.395 e. The number of aliphatic hydroxyl groups excluding tert-OH is 1. The fraction of sp³-hybridized carbons (Fsp3) is 0.500. The molecule has 0 spiro atoms. The molecule has 0 aliphatic carbocycles. The number of anilines is 1. The Labute approximate surface area is 191 Å². The lowest BCUT2D eigenvalue weighted by Crippen LogP contribution is -2.55. The molecule has 0 bridgehead atoms. The molecular weight excluding hydrogens is 437 g/mol. The SMILES string of the molecule is CN1CCCc2c1c(-c1ccc(Cl)cc1F)nn2C(=O)N[C@H](C(=O)NCCO)C(C)(C)C. The summed E-state index contributed by atoms with van der Waals surface area (Å²) in [5, 5.41) is 19.1. The van der Waals surface area contributed by atoms with Crippen LogP contribution in [0.15, 0.2) is 18.2 Å². The summed E-state index contributed by atoms with van der Waals surface area (Å²) < 4.78 is 15.9. The van der Waals surface area contributed by atoms with Crippen molar-refractivity contribution in [2.24, 2.45) is 5.41 Å². The highest BCUT2D eigenvalue weighted by molar-refractivity contribution is 6.30. The maximum Gasteiger partial charge on any atom is 0.343 e. The van der Waals surface area contributed by atoms with Gasteiger partial charge in [0.05, 0.1) is 18.0 Å². The van der Waals surface area contributed by atoms with E-state index < -0.39 is 29.2 Å². The highest BCUT2D eigenvalue weighted by Crippen LogP contribution is 2.38.